The molecular weight excluding hydrogens is 308 g/mol. The fourth-order valence-electron chi connectivity index (χ4n) is 2.55. The van der Waals surface area contributed by atoms with Gasteiger partial charge in [-0.25, -0.2) is 4.79 Å². The van der Waals surface area contributed by atoms with E-state index in [0.717, 1.165) is 22.3 Å². The first-order valence-corrected chi connectivity index (χ1v) is 7.65. The number of aliphatic hydroxyl groups excluding tert-OH is 1. The zero-order valence-electron chi connectivity index (χ0n) is 14.2. The lowest BCUT2D eigenvalue weighted by Gasteiger charge is -2.16. The van der Waals surface area contributed by atoms with Crippen LogP contribution in [0.4, 0.5) is 0 Å². The van der Waals surface area contributed by atoms with Crippen LogP contribution in [0, 0.1) is 6.92 Å². The van der Waals surface area contributed by atoms with Gasteiger partial charge < -0.3 is 19.3 Å². The summed E-state index contributed by atoms with van der Waals surface area (Å²) >= 11 is 0. The van der Waals surface area contributed by atoms with Crippen LogP contribution in [-0.2, 0) is 15.9 Å². The number of ether oxygens (including phenoxy) is 3. The number of rotatable bonds is 7. The Hall–Kier alpha value is -2.37. The van der Waals surface area contributed by atoms with E-state index in [1.54, 1.807) is 25.3 Å². The summed E-state index contributed by atoms with van der Waals surface area (Å²) in [5, 5.41) is 9.35. The summed E-state index contributed by atoms with van der Waals surface area (Å²) in [4.78, 5) is 11.9. The van der Waals surface area contributed by atoms with Gasteiger partial charge in [0.15, 0.2) is 6.79 Å². The average molecular weight is 330 g/mol. The summed E-state index contributed by atoms with van der Waals surface area (Å²) < 4.78 is 15.4. The fraction of sp³-hybridized carbons (Fsp3) is 0.316. The first kappa shape index (κ1) is 18.0. The first-order chi connectivity index (χ1) is 11.6. The molecular formula is C19H22O5. The van der Waals surface area contributed by atoms with E-state index < -0.39 is 5.97 Å². The Bertz CT molecular complexity index is 709. The van der Waals surface area contributed by atoms with Gasteiger partial charge >= 0.3 is 5.97 Å². The highest BCUT2D eigenvalue weighted by atomic mass is 16.7. The molecule has 2 aromatic rings. The summed E-state index contributed by atoms with van der Waals surface area (Å²) in [5.74, 6) is 0.193. The second-order valence-electron chi connectivity index (χ2n) is 5.39. The van der Waals surface area contributed by atoms with Gasteiger partial charge in [0.25, 0.3) is 0 Å². The minimum Gasteiger partial charge on any atom is -0.467 e. The van der Waals surface area contributed by atoms with Crippen LogP contribution < -0.4 is 4.74 Å². The molecule has 2 rings (SSSR count). The number of esters is 1. The van der Waals surface area contributed by atoms with E-state index in [4.69, 9.17) is 14.2 Å². The second kappa shape index (κ2) is 8.47. The summed E-state index contributed by atoms with van der Waals surface area (Å²) in [5.41, 5.74) is 4.20. The largest absolute Gasteiger partial charge is 0.467 e. The normalized spacial score (nSPS) is 10.5. The molecule has 2 aromatic carbocycles. The third kappa shape index (κ3) is 4.13. The Morgan fingerprint density at radius 1 is 1.08 bits per heavy atom. The van der Waals surface area contributed by atoms with Crippen molar-refractivity contribution in [1.82, 2.24) is 0 Å². The lowest BCUT2D eigenvalue weighted by Crippen LogP contribution is -2.05. The number of aliphatic hydroxyl groups is 1. The maximum Gasteiger partial charge on any atom is 0.337 e. The molecule has 0 aliphatic carbocycles. The number of carbonyl (C=O) groups is 1. The third-order valence-corrected chi connectivity index (χ3v) is 3.66. The molecule has 0 fully saturated rings. The zero-order valence-corrected chi connectivity index (χ0v) is 14.2. The second-order valence-corrected chi connectivity index (χ2v) is 5.39. The third-order valence-electron chi connectivity index (χ3n) is 3.66. The Labute approximate surface area is 141 Å². The van der Waals surface area contributed by atoms with Gasteiger partial charge in [-0.15, -0.1) is 0 Å². The Balaban J connectivity index is 2.58. The van der Waals surface area contributed by atoms with Gasteiger partial charge in [-0.05, 0) is 42.7 Å². The number of carbonyl (C=O) groups excluding carboxylic acids is 1. The van der Waals surface area contributed by atoms with Gasteiger partial charge in [0.05, 0.1) is 12.7 Å². The van der Waals surface area contributed by atoms with E-state index in [0.29, 0.717) is 17.7 Å². The Morgan fingerprint density at radius 3 is 2.54 bits per heavy atom. The highest BCUT2D eigenvalue weighted by Crippen LogP contribution is 2.34. The van der Waals surface area contributed by atoms with E-state index in [-0.39, 0.29) is 13.4 Å². The molecule has 0 saturated carbocycles. The topological polar surface area (TPSA) is 65.0 Å². The van der Waals surface area contributed by atoms with Gasteiger partial charge in [-0.3, -0.25) is 0 Å². The van der Waals surface area contributed by atoms with Gasteiger partial charge in [0.1, 0.15) is 5.75 Å². The molecule has 0 aliphatic heterocycles. The van der Waals surface area contributed by atoms with Crippen molar-refractivity contribution in [2.75, 3.05) is 27.6 Å². The zero-order chi connectivity index (χ0) is 17.5. The van der Waals surface area contributed by atoms with Crippen LogP contribution in [0.1, 0.15) is 21.5 Å². The van der Waals surface area contributed by atoms with Crippen molar-refractivity contribution in [1.29, 1.82) is 0 Å². The molecule has 1 N–H and O–H groups in total. The number of benzene rings is 2. The standard InChI is InChI=1S/C19H22O5/c1-13-4-6-16(14(10-13)8-9-20)17-11-15(19(21)23-3)5-7-18(17)24-12-22-2/h4-7,10-11,20H,8-9,12H2,1-3H3. The highest BCUT2D eigenvalue weighted by Gasteiger charge is 2.15. The number of hydrogen-bond acceptors (Lipinski definition) is 5. The predicted molar refractivity (Wildman–Crippen MR) is 91.2 cm³/mol. The molecule has 0 atom stereocenters. The first-order valence-electron chi connectivity index (χ1n) is 7.65. The molecule has 0 saturated heterocycles. The molecule has 0 aliphatic rings. The lowest BCUT2D eigenvalue weighted by molar-refractivity contribution is 0.0515. The van der Waals surface area contributed by atoms with E-state index in [2.05, 4.69) is 0 Å². The van der Waals surface area contributed by atoms with Crippen molar-refractivity contribution in [3.05, 3.63) is 53.1 Å². The summed E-state index contributed by atoms with van der Waals surface area (Å²) in [6.45, 7) is 2.14. The molecule has 5 nitrogen and oxygen atoms in total. The van der Waals surface area contributed by atoms with Crippen LogP contribution in [0.5, 0.6) is 5.75 Å². The van der Waals surface area contributed by atoms with Crippen LogP contribution >= 0.6 is 0 Å². The number of methoxy groups -OCH3 is 2. The molecule has 0 spiro atoms. The van der Waals surface area contributed by atoms with Crippen LogP contribution in [-0.4, -0.2) is 38.7 Å². The van der Waals surface area contributed by atoms with Crippen LogP contribution in [0.25, 0.3) is 11.1 Å². The highest BCUT2D eigenvalue weighted by molar-refractivity contribution is 5.92. The van der Waals surface area contributed by atoms with Crippen molar-refractivity contribution in [2.24, 2.45) is 0 Å². The minimum absolute atomic E-state index is 0.0431. The van der Waals surface area contributed by atoms with Crippen LogP contribution in [0.3, 0.4) is 0 Å². The van der Waals surface area contributed by atoms with Crippen LogP contribution in [0.15, 0.2) is 36.4 Å². The lowest BCUT2D eigenvalue weighted by atomic mass is 9.94. The predicted octanol–water partition coefficient (Wildman–Crippen LogP) is 2.97. The van der Waals surface area contributed by atoms with Crippen molar-refractivity contribution in [2.45, 2.75) is 13.3 Å². The molecule has 0 bridgehead atoms. The number of hydrogen-bond donors (Lipinski definition) is 1. The smallest absolute Gasteiger partial charge is 0.337 e. The molecule has 0 unspecified atom stereocenters. The molecule has 0 aromatic heterocycles. The molecule has 24 heavy (non-hydrogen) atoms. The maximum absolute atomic E-state index is 11.9. The summed E-state index contributed by atoms with van der Waals surface area (Å²) in [7, 11) is 2.89. The maximum atomic E-state index is 11.9. The fourth-order valence-corrected chi connectivity index (χ4v) is 2.55. The van der Waals surface area contributed by atoms with Gasteiger partial charge in [-0.1, -0.05) is 23.8 Å². The molecule has 128 valence electrons. The summed E-state index contributed by atoms with van der Waals surface area (Å²) in [6, 6.07) is 11.1. The quantitative estimate of drug-likeness (QED) is 0.624. The molecule has 0 radical (unpaired) electrons. The van der Waals surface area contributed by atoms with Gasteiger partial charge in [0.2, 0.25) is 0 Å². The van der Waals surface area contributed by atoms with Crippen molar-refractivity contribution in [3.63, 3.8) is 0 Å². The molecule has 0 amide bonds. The monoisotopic (exact) mass is 330 g/mol. The number of aryl methyl sites for hydroxylation is 1. The van der Waals surface area contributed by atoms with Crippen molar-refractivity contribution < 1.29 is 24.1 Å². The van der Waals surface area contributed by atoms with Crippen molar-refractivity contribution in [3.8, 4) is 16.9 Å². The molecule has 5 heteroatoms. The average Bonchev–Trinajstić information content (AvgIpc) is 2.60. The summed E-state index contributed by atoms with van der Waals surface area (Å²) in [6.07, 6.45) is 0.517. The molecule has 0 heterocycles. The van der Waals surface area contributed by atoms with Gasteiger partial charge in [0, 0.05) is 19.3 Å². The Morgan fingerprint density at radius 2 is 1.88 bits per heavy atom. The SMILES string of the molecule is COCOc1ccc(C(=O)OC)cc1-c1ccc(C)cc1CCO. The van der Waals surface area contributed by atoms with E-state index >= 15 is 0 Å². The van der Waals surface area contributed by atoms with E-state index in [1.165, 1.54) is 7.11 Å². The van der Waals surface area contributed by atoms with E-state index in [1.807, 2.05) is 25.1 Å². The van der Waals surface area contributed by atoms with E-state index in [9.17, 15) is 9.90 Å². The van der Waals surface area contributed by atoms with Gasteiger partial charge in [-0.2, -0.15) is 0 Å². The van der Waals surface area contributed by atoms with Crippen LogP contribution in [0.2, 0.25) is 0 Å². The minimum atomic E-state index is -0.412. The van der Waals surface area contributed by atoms with Crippen molar-refractivity contribution >= 4 is 5.97 Å². The Kier molecular flexibility index (Phi) is 6.35.